The number of rotatable bonds is 9. The highest BCUT2D eigenvalue weighted by atomic mass is 32.2. The molecule has 1 amide bonds. The number of nitro benzene ring substituents is 1. The van der Waals surface area contributed by atoms with E-state index in [-0.39, 0.29) is 24.0 Å². The highest BCUT2D eigenvalue weighted by Gasteiger charge is 2.16. The quantitative estimate of drug-likeness (QED) is 0.232. The van der Waals surface area contributed by atoms with Gasteiger partial charge >= 0.3 is 5.97 Å². The van der Waals surface area contributed by atoms with Crippen LogP contribution in [0, 0.1) is 10.1 Å². The van der Waals surface area contributed by atoms with Crippen molar-refractivity contribution in [2.24, 2.45) is 0 Å². The minimum Gasteiger partial charge on any atom is -0.468 e. The minimum atomic E-state index is -0.527. The van der Waals surface area contributed by atoms with Crippen molar-refractivity contribution in [1.29, 1.82) is 0 Å². The van der Waals surface area contributed by atoms with Crippen molar-refractivity contribution in [1.82, 2.24) is 20.1 Å². The fourth-order valence-electron chi connectivity index (χ4n) is 2.66. The van der Waals surface area contributed by atoms with Gasteiger partial charge in [0.15, 0.2) is 11.0 Å². The number of nitrogens with one attached hydrogen (secondary N) is 1. The third kappa shape index (κ3) is 5.89. The van der Waals surface area contributed by atoms with E-state index in [0.29, 0.717) is 23.1 Å². The monoisotopic (exact) mass is 441 g/mol. The standard InChI is InChI=1S/C20H19N5O5S/c1-30-18(26)13-31-20-23-22-17(24(20)12-14-5-3-2-4-6-14)11-21-19(27)15-7-9-16(10-8-15)25(28)29/h2-10H,11-13H2,1H3,(H,21,27). The van der Waals surface area contributed by atoms with E-state index in [0.717, 1.165) is 5.56 Å². The van der Waals surface area contributed by atoms with Crippen molar-refractivity contribution >= 4 is 29.3 Å². The Morgan fingerprint density at radius 2 is 1.84 bits per heavy atom. The van der Waals surface area contributed by atoms with Gasteiger partial charge in [-0.25, -0.2) is 0 Å². The third-order valence-electron chi connectivity index (χ3n) is 4.27. The van der Waals surface area contributed by atoms with Gasteiger partial charge in [0.2, 0.25) is 0 Å². The zero-order chi connectivity index (χ0) is 22.2. The number of aromatic nitrogens is 3. The molecule has 3 aromatic rings. The van der Waals surface area contributed by atoms with Gasteiger partial charge in [0.05, 0.1) is 30.9 Å². The van der Waals surface area contributed by atoms with E-state index in [1.54, 1.807) is 0 Å². The summed E-state index contributed by atoms with van der Waals surface area (Å²) in [5.74, 6) is -0.190. The average molecular weight is 441 g/mol. The number of non-ortho nitro benzene ring substituents is 1. The lowest BCUT2D eigenvalue weighted by molar-refractivity contribution is -0.384. The van der Waals surface area contributed by atoms with Crippen molar-refractivity contribution in [3.63, 3.8) is 0 Å². The molecule has 0 spiro atoms. The van der Waals surface area contributed by atoms with Crippen molar-refractivity contribution in [3.05, 3.63) is 81.7 Å². The van der Waals surface area contributed by atoms with Crippen LogP contribution in [0.2, 0.25) is 0 Å². The van der Waals surface area contributed by atoms with Gasteiger partial charge < -0.3 is 14.6 Å². The minimum absolute atomic E-state index is 0.0819. The molecule has 1 N–H and O–H groups in total. The number of nitro groups is 1. The molecule has 0 bridgehead atoms. The van der Waals surface area contributed by atoms with Crippen LogP contribution in [0.15, 0.2) is 59.8 Å². The van der Waals surface area contributed by atoms with E-state index >= 15 is 0 Å². The summed E-state index contributed by atoms with van der Waals surface area (Å²) >= 11 is 1.19. The number of carbonyl (C=O) groups is 2. The second kappa shape index (κ2) is 10.3. The molecule has 0 saturated heterocycles. The number of ether oxygens (including phenoxy) is 1. The van der Waals surface area contributed by atoms with E-state index < -0.39 is 10.8 Å². The predicted octanol–water partition coefficient (Wildman–Crippen LogP) is 2.43. The van der Waals surface area contributed by atoms with Crippen LogP contribution in [-0.2, 0) is 22.6 Å². The third-order valence-corrected chi connectivity index (χ3v) is 5.21. The van der Waals surface area contributed by atoms with Crippen LogP contribution in [-0.4, -0.2) is 44.4 Å². The summed E-state index contributed by atoms with van der Waals surface area (Å²) < 4.78 is 6.49. The van der Waals surface area contributed by atoms with Gasteiger partial charge in [0.1, 0.15) is 0 Å². The number of carbonyl (C=O) groups excluding carboxylic acids is 2. The first kappa shape index (κ1) is 22.0. The van der Waals surface area contributed by atoms with Gasteiger partial charge in [-0.1, -0.05) is 42.1 Å². The Labute approximate surface area is 181 Å². The molecule has 11 heteroatoms. The number of benzene rings is 2. The van der Waals surface area contributed by atoms with Gasteiger partial charge in [0.25, 0.3) is 11.6 Å². The van der Waals surface area contributed by atoms with Crippen LogP contribution in [0.3, 0.4) is 0 Å². The molecular formula is C20H19N5O5S. The molecule has 1 heterocycles. The molecule has 10 nitrogen and oxygen atoms in total. The lowest BCUT2D eigenvalue weighted by Gasteiger charge is -2.11. The Morgan fingerprint density at radius 1 is 1.13 bits per heavy atom. The first-order valence-corrected chi connectivity index (χ1v) is 10.1. The number of hydrogen-bond acceptors (Lipinski definition) is 8. The maximum Gasteiger partial charge on any atom is 0.316 e. The maximum atomic E-state index is 12.4. The summed E-state index contributed by atoms with van der Waals surface area (Å²) in [7, 11) is 1.32. The summed E-state index contributed by atoms with van der Waals surface area (Å²) in [6.45, 7) is 0.550. The lowest BCUT2D eigenvalue weighted by atomic mass is 10.2. The Morgan fingerprint density at radius 3 is 2.48 bits per heavy atom. The van der Waals surface area contributed by atoms with Crippen LogP contribution >= 0.6 is 11.8 Å². The molecule has 31 heavy (non-hydrogen) atoms. The number of nitrogens with zero attached hydrogens (tertiary/aromatic N) is 4. The van der Waals surface area contributed by atoms with E-state index in [1.165, 1.54) is 43.1 Å². The number of amides is 1. The fourth-order valence-corrected chi connectivity index (χ4v) is 3.45. The van der Waals surface area contributed by atoms with Gasteiger partial charge in [-0.2, -0.15) is 0 Å². The second-order valence-electron chi connectivity index (χ2n) is 6.32. The van der Waals surface area contributed by atoms with Gasteiger partial charge in [0, 0.05) is 17.7 Å². The molecule has 0 radical (unpaired) electrons. The number of methoxy groups -OCH3 is 1. The smallest absolute Gasteiger partial charge is 0.316 e. The number of esters is 1. The first-order chi connectivity index (χ1) is 15.0. The molecule has 0 unspecified atom stereocenters. The molecule has 2 aromatic carbocycles. The number of hydrogen-bond donors (Lipinski definition) is 1. The van der Waals surface area contributed by atoms with Crippen molar-refractivity contribution in [3.8, 4) is 0 Å². The Hall–Kier alpha value is -3.73. The SMILES string of the molecule is COC(=O)CSc1nnc(CNC(=O)c2ccc([N+](=O)[O-])cc2)n1Cc1ccccc1. The van der Waals surface area contributed by atoms with E-state index in [9.17, 15) is 19.7 Å². The van der Waals surface area contributed by atoms with Gasteiger partial charge in [-0.05, 0) is 17.7 Å². The van der Waals surface area contributed by atoms with Crippen LogP contribution < -0.4 is 5.32 Å². The molecular weight excluding hydrogens is 422 g/mol. The summed E-state index contributed by atoms with van der Waals surface area (Å²) in [6, 6.07) is 15.0. The van der Waals surface area contributed by atoms with Crippen LogP contribution in [0.5, 0.6) is 0 Å². The Balaban J connectivity index is 1.74. The molecule has 0 saturated carbocycles. The molecule has 160 valence electrons. The topological polar surface area (TPSA) is 129 Å². The van der Waals surface area contributed by atoms with E-state index in [1.807, 2.05) is 34.9 Å². The fraction of sp³-hybridized carbons (Fsp3) is 0.200. The van der Waals surface area contributed by atoms with Crippen molar-refractivity contribution in [2.75, 3.05) is 12.9 Å². The molecule has 0 aliphatic carbocycles. The zero-order valence-electron chi connectivity index (χ0n) is 16.6. The molecule has 3 rings (SSSR count). The van der Waals surface area contributed by atoms with E-state index in [4.69, 9.17) is 0 Å². The summed E-state index contributed by atoms with van der Waals surface area (Å²) in [5, 5.41) is 22.3. The van der Waals surface area contributed by atoms with Crippen LogP contribution in [0.4, 0.5) is 5.69 Å². The summed E-state index contributed by atoms with van der Waals surface area (Å²) in [4.78, 5) is 34.2. The summed E-state index contributed by atoms with van der Waals surface area (Å²) in [5.41, 5.74) is 1.21. The lowest BCUT2D eigenvalue weighted by Crippen LogP contribution is -2.25. The number of thioether (sulfide) groups is 1. The van der Waals surface area contributed by atoms with Gasteiger partial charge in [-0.3, -0.25) is 19.7 Å². The maximum absolute atomic E-state index is 12.4. The van der Waals surface area contributed by atoms with Crippen LogP contribution in [0.1, 0.15) is 21.7 Å². The van der Waals surface area contributed by atoms with Gasteiger partial charge in [-0.15, -0.1) is 10.2 Å². The molecule has 1 aromatic heterocycles. The normalized spacial score (nSPS) is 10.5. The largest absolute Gasteiger partial charge is 0.468 e. The Kier molecular flexibility index (Phi) is 7.33. The summed E-state index contributed by atoms with van der Waals surface area (Å²) in [6.07, 6.45) is 0. The zero-order valence-corrected chi connectivity index (χ0v) is 17.4. The molecule has 0 aliphatic rings. The molecule has 0 aliphatic heterocycles. The Bertz CT molecular complexity index is 1070. The predicted molar refractivity (Wildman–Crippen MR) is 113 cm³/mol. The molecule has 0 fully saturated rings. The molecule has 0 atom stereocenters. The van der Waals surface area contributed by atoms with Crippen molar-refractivity contribution in [2.45, 2.75) is 18.2 Å². The van der Waals surface area contributed by atoms with Crippen LogP contribution in [0.25, 0.3) is 0 Å². The van der Waals surface area contributed by atoms with E-state index in [2.05, 4.69) is 20.3 Å². The second-order valence-corrected chi connectivity index (χ2v) is 7.26. The first-order valence-electron chi connectivity index (χ1n) is 9.16. The highest BCUT2D eigenvalue weighted by molar-refractivity contribution is 7.99. The highest BCUT2D eigenvalue weighted by Crippen LogP contribution is 2.19. The average Bonchev–Trinajstić information content (AvgIpc) is 3.17. The van der Waals surface area contributed by atoms with Crippen molar-refractivity contribution < 1.29 is 19.2 Å².